The Bertz CT molecular complexity index is 331. The topological polar surface area (TPSA) is 81.1 Å². The molecule has 0 saturated carbocycles. The minimum atomic E-state index is -0.367. The number of carbonyl (C=O) groups is 1. The average molecular weight is 427 g/mol. The highest BCUT2D eigenvalue weighted by molar-refractivity contribution is 5.81. The summed E-state index contributed by atoms with van der Waals surface area (Å²) in [6, 6.07) is -0.367. The van der Waals surface area contributed by atoms with Crippen LogP contribution in [0.25, 0.3) is 0 Å². The highest BCUT2D eigenvalue weighted by atomic mass is 16.2. The summed E-state index contributed by atoms with van der Waals surface area (Å²) in [7, 11) is 0. The van der Waals surface area contributed by atoms with Crippen molar-refractivity contribution in [3.8, 4) is 0 Å². The van der Waals surface area contributed by atoms with Crippen LogP contribution in [0.1, 0.15) is 137 Å². The number of amides is 1. The highest BCUT2D eigenvalue weighted by Gasteiger charge is 2.11. The number of nitrogens with one attached hydrogen (secondary N) is 1. The molecule has 30 heavy (non-hydrogen) atoms. The van der Waals surface area contributed by atoms with Gasteiger partial charge >= 0.3 is 0 Å². The van der Waals surface area contributed by atoms with Gasteiger partial charge in [-0.2, -0.15) is 0 Å². The van der Waals surface area contributed by atoms with Gasteiger partial charge in [0.05, 0.1) is 6.04 Å². The fourth-order valence-electron chi connectivity index (χ4n) is 3.30. The van der Waals surface area contributed by atoms with Gasteiger partial charge in [0.25, 0.3) is 0 Å². The third-order valence-corrected chi connectivity index (χ3v) is 5.14. The molecular formula is C26H56N3O. The van der Waals surface area contributed by atoms with Crippen LogP contribution in [0.15, 0.2) is 0 Å². The normalized spacial score (nSPS) is 11.8. The predicted molar refractivity (Wildman–Crippen MR) is 134 cm³/mol. The third kappa shape index (κ3) is 29.6. The Morgan fingerprint density at radius 1 is 0.700 bits per heavy atom. The van der Waals surface area contributed by atoms with E-state index in [4.69, 9.17) is 11.5 Å². The van der Waals surface area contributed by atoms with E-state index >= 15 is 0 Å². The molecule has 0 fully saturated rings. The number of hydrogen-bond acceptors (Lipinski definition) is 3. The van der Waals surface area contributed by atoms with Gasteiger partial charge in [0.2, 0.25) is 5.91 Å². The summed E-state index contributed by atoms with van der Waals surface area (Å²) in [5, 5.41) is 2.96. The van der Waals surface area contributed by atoms with Crippen LogP contribution < -0.4 is 16.8 Å². The molecule has 0 bridgehead atoms. The summed E-state index contributed by atoms with van der Waals surface area (Å²) in [4.78, 5) is 11.8. The highest BCUT2D eigenvalue weighted by Crippen LogP contribution is 2.12. The molecular weight excluding hydrogens is 370 g/mol. The van der Waals surface area contributed by atoms with E-state index in [2.05, 4.69) is 33.0 Å². The van der Waals surface area contributed by atoms with Crippen LogP contribution in [-0.2, 0) is 4.79 Å². The van der Waals surface area contributed by atoms with Crippen molar-refractivity contribution in [3.05, 3.63) is 5.92 Å². The van der Waals surface area contributed by atoms with Gasteiger partial charge in [-0.25, -0.2) is 0 Å². The molecule has 4 nitrogen and oxygen atoms in total. The van der Waals surface area contributed by atoms with Gasteiger partial charge in [-0.3, -0.25) is 4.79 Å². The number of nitrogens with two attached hydrogens (primary N) is 2. The molecule has 5 N–H and O–H groups in total. The molecule has 1 atom stereocenters. The van der Waals surface area contributed by atoms with E-state index in [0.717, 1.165) is 32.2 Å². The van der Waals surface area contributed by atoms with Crippen molar-refractivity contribution in [1.82, 2.24) is 5.32 Å². The molecule has 1 amide bonds. The molecule has 0 aliphatic carbocycles. The Morgan fingerprint density at radius 2 is 1.10 bits per heavy atom. The lowest BCUT2D eigenvalue weighted by Crippen LogP contribution is -2.40. The van der Waals surface area contributed by atoms with Crippen LogP contribution in [0.2, 0.25) is 0 Å². The number of carbonyl (C=O) groups excluding carboxylic acids is 1. The molecule has 0 aromatic heterocycles. The van der Waals surface area contributed by atoms with Crippen molar-refractivity contribution >= 4 is 5.91 Å². The lowest BCUT2D eigenvalue weighted by Gasteiger charge is -2.11. The molecule has 0 aliphatic rings. The van der Waals surface area contributed by atoms with E-state index in [1.807, 2.05) is 0 Å². The molecule has 0 aliphatic heterocycles. The van der Waals surface area contributed by atoms with E-state index in [-0.39, 0.29) is 11.9 Å². The lowest BCUT2D eigenvalue weighted by molar-refractivity contribution is -0.122. The van der Waals surface area contributed by atoms with Gasteiger partial charge in [0.15, 0.2) is 0 Å². The monoisotopic (exact) mass is 426 g/mol. The van der Waals surface area contributed by atoms with E-state index in [9.17, 15) is 4.79 Å². The van der Waals surface area contributed by atoms with Crippen molar-refractivity contribution < 1.29 is 4.79 Å². The fraction of sp³-hybridized carbons (Fsp3) is 0.923. The van der Waals surface area contributed by atoms with E-state index in [0.29, 0.717) is 6.54 Å². The molecule has 1 radical (unpaired) electrons. The number of rotatable bonds is 20. The standard InChI is InChI=1S/C22H47N3O.C4H9/c1-2-3-4-5-6-7-8-9-10-11-12-13-14-17-20-25-22(26)21(24)18-15-16-19-23;1-4(2)3/h21H,2-20,23-24H2,1H3,(H,25,26);1-3H3/t21-;/m0./s1. The lowest BCUT2D eigenvalue weighted by atomic mass is 10.0. The van der Waals surface area contributed by atoms with Crippen LogP contribution in [-0.4, -0.2) is 25.0 Å². The maximum Gasteiger partial charge on any atom is 0.236 e. The van der Waals surface area contributed by atoms with Crippen LogP contribution in [0, 0.1) is 5.92 Å². The van der Waals surface area contributed by atoms with E-state index in [1.54, 1.807) is 0 Å². The second-order valence-corrected chi connectivity index (χ2v) is 9.28. The first-order valence-electron chi connectivity index (χ1n) is 13.0. The van der Waals surface area contributed by atoms with Gasteiger partial charge in [0.1, 0.15) is 0 Å². The summed E-state index contributed by atoms with van der Waals surface area (Å²) in [6.45, 7) is 9.96. The number of hydrogen-bond donors (Lipinski definition) is 3. The average Bonchev–Trinajstić information content (AvgIpc) is 2.70. The molecule has 0 heterocycles. The Balaban J connectivity index is 0. The zero-order chi connectivity index (χ0) is 22.9. The maximum absolute atomic E-state index is 11.8. The summed E-state index contributed by atoms with van der Waals surface area (Å²) >= 11 is 0. The molecule has 0 aromatic carbocycles. The summed E-state index contributed by atoms with van der Waals surface area (Å²) in [6.07, 6.45) is 21.6. The first-order valence-corrected chi connectivity index (χ1v) is 13.0. The first-order chi connectivity index (χ1) is 14.5. The molecule has 181 valence electrons. The van der Waals surface area contributed by atoms with E-state index < -0.39 is 0 Å². The second kappa shape index (κ2) is 26.4. The van der Waals surface area contributed by atoms with Crippen molar-refractivity contribution in [1.29, 1.82) is 0 Å². The molecule has 0 rings (SSSR count). The third-order valence-electron chi connectivity index (χ3n) is 5.14. The minimum Gasteiger partial charge on any atom is -0.355 e. The van der Waals surface area contributed by atoms with Crippen molar-refractivity contribution in [2.24, 2.45) is 11.5 Å². The van der Waals surface area contributed by atoms with Crippen molar-refractivity contribution in [2.45, 2.75) is 143 Å². The molecule has 0 aromatic rings. The van der Waals surface area contributed by atoms with Crippen LogP contribution in [0.4, 0.5) is 0 Å². The van der Waals surface area contributed by atoms with Gasteiger partial charge in [-0.1, -0.05) is 118 Å². The predicted octanol–water partition coefficient (Wildman–Crippen LogP) is 6.66. The van der Waals surface area contributed by atoms with Crippen molar-refractivity contribution in [2.75, 3.05) is 13.1 Å². The fourth-order valence-corrected chi connectivity index (χ4v) is 3.30. The van der Waals surface area contributed by atoms with Crippen molar-refractivity contribution in [3.63, 3.8) is 0 Å². The molecule has 0 saturated heterocycles. The van der Waals surface area contributed by atoms with E-state index in [1.165, 1.54) is 89.4 Å². The Labute approximate surface area is 189 Å². The van der Waals surface area contributed by atoms with Crippen LogP contribution in [0.5, 0.6) is 0 Å². The maximum atomic E-state index is 11.8. The second-order valence-electron chi connectivity index (χ2n) is 9.28. The quantitative estimate of drug-likeness (QED) is 0.190. The first kappa shape index (κ1) is 31.6. The Morgan fingerprint density at radius 3 is 1.50 bits per heavy atom. The summed E-state index contributed by atoms with van der Waals surface area (Å²) < 4.78 is 0. The largest absolute Gasteiger partial charge is 0.355 e. The SMILES string of the molecule is CCCCCCCCCCCCCCCCNC(=O)[C@@H](N)CCCCN.C[C](C)C. The van der Waals surface area contributed by atoms with Gasteiger partial charge in [0, 0.05) is 6.54 Å². The Kier molecular flexibility index (Phi) is 27.8. The van der Waals surface area contributed by atoms with Crippen LogP contribution in [0.3, 0.4) is 0 Å². The Hall–Kier alpha value is -0.610. The summed E-state index contributed by atoms with van der Waals surface area (Å²) in [5.74, 6) is 1.41. The van der Waals surface area contributed by atoms with Gasteiger partial charge in [-0.15, -0.1) is 0 Å². The van der Waals surface area contributed by atoms with Gasteiger partial charge < -0.3 is 16.8 Å². The summed E-state index contributed by atoms with van der Waals surface area (Å²) in [5.41, 5.74) is 11.3. The molecule has 0 unspecified atom stereocenters. The smallest absolute Gasteiger partial charge is 0.236 e. The molecule has 0 spiro atoms. The van der Waals surface area contributed by atoms with Gasteiger partial charge in [-0.05, 0) is 31.7 Å². The van der Waals surface area contributed by atoms with Crippen LogP contribution >= 0.6 is 0 Å². The minimum absolute atomic E-state index is 0.00304. The number of unbranched alkanes of at least 4 members (excludes halogenated alkanes) is 14. The zero-order valence-electron chi connectivity index (χ0n) is 21.1. The molecule has 4 heteroatoms. The zero-order valence-corrected chi connectivity index (χ0v) is 21.1.